The van der Waals surface area contributed by atoms with E-state index in [9.17, 15) is 0 Å². The minimum Gasteiger partial charge on any atom is -0.487 e. The van der Waals surface area contributed by atoms with Crippen molar-refractivity contribution in [2.24, 2.45) is 0 Å². The highest BCUT2D eigenvalue weighted by molar-refractivity contribution is 9.11. The highest BCUT2D eigenvalue weighted by Crippen LogP contribution is 2.35. The van der Waals surface area contributed by atoms with Crippen molar-refractivity contribution in [1.29, 1.82) is 5.26 Å². The summed E-state index contributed by atoms with van der Waals surface area (Å²) in [4.78, 5) is 0. The largest absolute Gasteiger partial charge is 0.487 e. The molecular weight excluding hydrogens is 396 g/mol. The van der Waals surface area contributed by atoms with Crippen LogP contribution >= 0.6 is 31.9 Å². The summed E-state index contributed by atoms with van der Waals surface area (Å²) in [6, 6.07) is 13.6. The van der Waals surface area contributed by atoms with Crippen LogP contribution in [-0.2, 0) is 13.2 Å². The molecule has 0 bridgehead atoms. The Morgan fingerprint density at radius 3 is 2.48 bits per heavy atom. The van der Waals surface area contributed by atoms with Gasteiger partial charge in [-0.3, -0.25) is 0 Å². The number of nitrogens with one attached hydrogen (secondary N) is 1. The van der Waals surface area contributed by atoms with E-state index in [2.05, 4.69) is 43.2 Å². The fourth-order valence-electron chi connectivity index (χ4n) is 1.94. The lowest BCUT2D eigenvalue weighted by molar-refractivity contribution is 0.302. The maximum Gasteiger partial charge on any atom is 0.148 e. The number of nitrogens with zero attached hydrogens (tertiary/aromatic N) is 1. The summed E-state index contributed by atoms with van der Waals surface area (Å²) in [5.41, 5.74) is 2.76. The fourth-order valence-corrected chi connectivity index (χ4v) is 3.45. The first-order chi connectivity index (χ1) is 10.1. The molecule has 2 aromatic rings. The standard InChI is InChI=1S/C16H14Br2N2O/c1-20-9-13-6-14(17)16(15(18)7-13)21-10-12-4-2-3-11(5-12)8-19/h2-7,20H,9-10H2,1H3. The van der Waals surface area contributed by atoms with Crippen molar-refractivity contribution in [3.8, 4) is 11.8 Å². The fraction of sp³-hybridized carbons (Fsp3) is 0.188. The molecule has 108 valence electrons. The maximum atomic E-state index is 8.90. The first-order valence-electron chi connectivity index (χ1n) is 6.38. The minimum atomic E-state index is 0.415. The summed E-state index contributed by atoms with van der Waals surface area (Å²) in [5, 5.41) is 12.0. The van der Waals surface area contributed by atoms with E-state index in [0.717, 1.165) is 32.4 Å². The smallest absolute Gasteiger partial charge is 0.148 e. The van der Waals surface area contributed by atoms with Gasteiger partial charge in [0.15, 0.2) is 0 Å². The molecule has 3 nitrogen and oxygen atoms in total. The molecule has 0 aliphatic heterocycles. The van der Waals surface area contributed by atoms with Crippen LogP contribution in [0.3, 0.4) is 0 Å². The second-order valence-corrected chi connectivity index (χ2v) is 6.23. The molecule has 0 heterocycles. The van der Waals surface area contributed by atoms with Gasteiger partial charge in [-0.25, -0.2) is 0 Å². The molecule has 0 radical (unpaired) electrons. The zero-order chi connectivity index (χ0) is 15.2. The summed E-state index contributed by atoms with van der Waals surface area (Å²) < 4.78 is 7.67. The van der Waals surface area contributed by atoms with Crippen molar-refractivity contribution < 1.29 is 4.74 Å². The molecule has 21 heavy (non-hydrogen) atoms. The molecule has 0 fully saturated rings. The SMILES string of the molecule is CNCc1cc(Br)c(OCc2cccc(C#N)c2)c(Br)c1. The van der Waals surface area contributed by atoms with Gasteiger partial charge in [0.25, 0.3) is 0 Å². The summed E-state index contributed by atoms with van der Waals surface area (Å²) in [7, 11) is 1.91. The monoisotopic (exact) mass is 408 g/mol. The molecule has 0 aromatic heterocycles. The Bertz CT molecular complexity index is 657. The van der Waals surface area contributed by atoms with Crippen LogP contribution in [0, 0.1) is 11.3 Å². The first-order valence-corrected chi connectivity index (χ1v) is 7.97. The Labute approximate surface area is 141 Å². The summed E-state index contributed by atoms with van der Waals surface area (Å²) in [6.45, 7) is 1.21. The van der Waals surface area contributed by atoms with Crippen molar-refractivity contribution in [3.05, 3.63) is 62.0 Å². The third-order valence-corrected chi connectivity index (χ3v) is 4.06. The third kappa shape index (κ3) is 4.31. The van der Waals surface area contributed by atoms with Gasteiger partial charge in [-0.05, 0) is 74.3 Å². The molecule has 2 aromatic carbocycles. The van der Waals surface area contributed by atoms with Gasteiger partial charge in [-0.2, -0.15) is 5.26 Å². The molecule has 0 aliphatic carbocycles. The average molecular weight is 410 g/mol. The van der Waals surface area contributed by atoms with E-state index in [0.29, 0.717) is 12.2 Å². The second kappa shape index (κ2) is 7.60. The van der Waals surface area contributed by atoms with Crippen LogP contribution in [0.4, 0.5) is 0 Å². The van der Waals surface area contributed by atoms with E-state index in [1.165, 1.54) is 0 Å². The van der Waals surface area contributed by atoms with Crippen LogP contribution in [0.5, 0.6) is 5.75 Å². The van der Waals surface area contributed by atoms with E-state index in [4.69, 9.17) is 10.00 Å². The lowest BCUT2D eigenvalue weighted by Crippen LogP contribution is -2.05. The van der Waals surface area contributed by atoms with Gasteiger partial charge < -0.3 is 10.1 Å². The van der Waals surface area contributed by atoms with Gasteiger partial charge in [-0.1, -0.05) is 12.1 Å². The van der Waals surface area contributed by atoms with Gasteiger partial charge in [0.1, 0.15) is 12.4 Å². The summed E-state index contributed by atoms with van der Waals surface area (Å²) in [5.74, 6) is 0.761. The average Bonchev–Trinajstić information content (AvgIpc) is 2.47. The van der Waals surface area contributed by atoms with Gasteiger partial charge in [0.2, 0.25) is 0 Å². The van der Waals surface area contributed by atoms with Crippen LogP contribution in [-0.4, -0.2) is 7.05 Å². The van der Waals surface area contributed by atoms with Gasteiger partial charge in [0, 0.05) is 6.54 Å². The Morgan fingerprint density at radius 2 is 1.86 bits per heavy atom. The quantitative estimate of drug-likeness (QED) is 0.796. The number of rotatable bonds is 5. The second-order valence-electron chi connectivity index (χ2n) is 4.52. The molecule has 1 N–H and O–H groups in total. The highest BCUT2D eigenvalue weighted by atomic mass is 79.9. The molecule has 0 saturated heterocycles. The zero-order valence-corrected chi connectivity index (χ0v) is 14.7. The number of benzene rings is 2. The number of ether oxygens (including phenoxy) is 1. The van der Waals surface area contributed by atoms with E-state index in [1.54, 1.807) is 6.07 Å². The molecule has 0 atom stereocenters. The Hall–Kier alpha value is -1.35. The molecule has 0 unspecified atom stereocenters. The van der Waals surface area contributed by atoms with Crippen LogP contribution in [0.15, 0.2) is 45.3 Å². The van der Waals surface area contributed by atoms with Crippen molar-refractivity contribution in [3.63, 3.8) is 0 Å². The van der Waals surface area contributed by atoms with E-state index in [1.807, 2.05) is 37.4 Å². The Kier molecular flexibility index (Phi) is 5.80. The predicted molar refractivity (Wildman–Crippen MR) is 90.1 cm³/mol. The van der Waals surface area contributed by atoms with Crippen molar-refractivity contribution in [2.45, 2.75) is 13.2 Å². The molecule has 0 aliphatic rings. The number of nitriles is 1. The van der Waals surface area contributed by atoms with E-state index < -0.39 is 0 Å². The van der Waals surface area contributed by atoms with Gasteiger partial charge in [-0.15, -0.1) is 0 Å². The van der Waals surface area contributed by atoms with E-state index in [-0.39, 0.29) is 0 Å². The van der Waals surface area contributed by atoms with Gasteiger partial charge >= 0.3 is 0 Å². The molecule has 5 heteroatoms. The summed E-state index contributed by atoms with van der Waals surface area (Å²) >= 11 is 7.07. The van der Waals surface area contributed by atoms with Crippen molar-refractivity contribution in [2.75, 3.05) is 7.05 Å². The number of hydrogen-bond donors (Lipinski definition) is 1. The lowest BCUT2D eigenvalue weighted by Gasteiger charge is -2.12. The highest BCUT2D eigenvalue weighted by Gasteiger charge is 2.09. The topological polar surface area (TPSA) is 45.0 Å². The van der Waals surface area contributed by atoms with Crippen LogP contribution in [0.2, 0.25) is 0 Å². The van der Waals surface area contributed by atoms with E-state index >= 15 is 0 Å². The zero-order valence-electron chi connectivity index (χ0n) is 11.5. The van der Waals surface area contributed by atoms with Crippen molar-refractivity contribution >= 4 is 31.9 Å². The van der Waals surface area contributed by atoms with Crippen LogP contribution in [0.25, 0.3) is 0 Å². The molecule has 0 saturated carbocycles. The third-order valence-electron chi connectivity index (χ3n) is 2.88. The summed E-state index contributed by atoms with van der Waals surface area (Å²) in [6.07, 6.45) is 0. The maximum absolute atomic E-state index is 8.90. The molecule has 0 amide bonds. The molecular formula is C16H14Br2N2O. The number of halogens is 2. The normalized spacial score (nSPS) is 10.2. The van der Waals surface area contributed by atoms with Crippen LogP contribution in [0.1, 0.15) is 16.7 Å². The van der Waals surface area contributed by atoms with Crippen molar-refractivity contribution in [1.82, 2.24) is 5.32 Å². The predicted octanol–water partition coefficient (Wildman–Crippen LogP) is 4.38. The van der Waals surface area contributed by atoms with Gasteiger partial charge in [0.05, 0.1) is 20.6 Å². The first kappa shape index (κ1) is 16.0. The van der Waals surface area contributed by atoms with Crippen LogP contribution < -0.4 is 10.1 Å². The Morgan fingerprint density at radius 1 is 1.14 bits per heavy atom. The lowest BCUT2D eigenvalue weighted by atomic mass is 10.1. The molecule has 2 rings (SSSR count). The number of hydrogen-bond acceptors (Lipinski definition) is 3. The molecule has 0 spiro atoms. The Balaban J connectivity index is 2.14. The minimum absolute atomic E-state index is 0.415.